The van der Waals surface area contributed by atoms with Gasteiger partial charge in [-0.3, -0.25) is 0 Å². The van der Waals surface area contributed by atoms with E-state index in [9.17, 15) is 0 Å². The molecular weight excluding hydrogens is 565 g/mol. The molecule has 45 heavy (non-hydrogen) atoms. The second-order valence-electron chi connectivity index (χ2n) is 11.8. The molecular formula is C42H24N2S. The minimum Gasteiger partial charge on any atom is -0.228 e. The van der Waals surface area contributed by atoms with Crippen LogP contribution in [0.1, 0.15) is 0 Å². The summed E-state index contributed by atoms with van der Waals surface area (Å²) in [5, 5.41) is 13.7. The van der Waals surface area contributed by atoms with Crippen molar-refractivity contribution in [2.24, 2.45) is 0 Å². The monoisotopic (exact) mass is 588 g/mol. The Labute approximate surface area is 262 Å². The molecule has 10 aromatic rings. The van der Waals surface area contributed by atoms with Crippen molar-refractivity contribution in [3.05, 3.63) is 146 Å². The first kappa shape index (κ1) is 24.8. The second-order valence-corrected chi connectivity index (χ2v) is 12.9. The molecule has 2 nitrogen and oxygen atoms in total. The largest absolute Gasteiger partial charge is 0.228 e. The van der Waals surface area contributed by atoms with E-state index in [1.165, 1.54) is 63.3 Å². The average Bonchev–Trinajstić information content (AvgIpc) is 3.47. The van der Waals surface area contributed by atoms with Crippen LogP contribution in [0.4, 0.5) is 0 Å². The smallest absolute Gasteiger partial charge is 0.160 e. The highest BCUT2D eigenvalue weighted by molar-refractivity contribution is 7.25. The molecule has 0 saturated carbocycles. The number of hydrogen-bond donors (Lipinski definition) is 0. The standard InChI is InChI=1S/C42H24N2S/c1-2-8-27-21-30(18-13-25(27)7-1)41-34-10-3-5-11-37(34)43-42(44-41)31-19-20-32-28(22-31)16-14-26-15-17-29-23-39-36(24-35(29)40(26)32)33-9-4-6-12-38(33)45-39/h1-24H. The summed E-state index contributed by atoms with van der Waals surface area (Å²) in [4.78, 5) is 10.3. The van der Waals surface area contributed by atoms with Crippen molar-refractivity contribution < 1.29 is 0 Å². The zero-order chi connectivity index (χ0) is 29.5. The molecule has 0 radical (unpaired) electrons. The molecule has 0 spiro atoms. The lowest BCUT2D eigenvalue weighted by Gasteiger charge is -2.12. The summed E-state index contributed by atoms with van der Waals surface area (Å²) in [6.07, 6.45) is 0. The van der Waals surface area contributed by atoms with Gasteiger partial charge in [0.1, 0.15) is 0 Å². The van der Waals surface area contributed by atoms with Gasteiger partial charge in [0.2, 0.25) is 0 Å². The van der Waals surface area contributed by atoms with E-state index in [1.807, 2.05) is 11.3 Å². The molecule has 0 atom stereocenters. The molecule has 8 aromatic carbocycles. The van der Waals surface area contributed by atoms with Gasteiger partial charge in [-0.25, -0.2) is 9.97 Å². The first-order valence-electron chi connectivity index (χ1n) is 15.2. The van der Waals surface area contributed by atoms with Gasteiger partial charge in [-0.15, -0.1) is 11.3 Å². The Morgan fingerprint density at radius 3 is 1.98 bits per heavy atom. The Morgan fingerprint density at radius 2 is 1.07 bits per heavy atom. The molecule has 0 aliphatic heterocycles. The molecule has 0 bridgehead atoms. The number of nitrogens with zero attached hydrogens (tertiary/aromatic N) is 2. The van der Waals surface area contributed by atoms with E-state index in [0.717, 1.165) is 33.5 Å². The number of aromatic nitrogens is 2. The van der Waals surface area contributed by atoms with Crippen LogP contribution in [-0.4, -0.2) is 9.97 Å². The van der Waals surface area contributed by atoms with Crippen molar-refractivity contribution in [3.63, 3.8) is 0 Å². The average molecular weight is 589 g/mol. The van der Waals surface area contributed by atoms with Crippen LogP contribution in [0.2, 0.25) is 0 Å². The van der Waals surface area contributed by atoms with Crippen molar-refractivity contribution in [2.75, 3.05) is 0 Å². The SMILES string of the molecule is c1ccc2cc(-c3nc(-c4ccc5c(ccc6ccc7cc8sc9ccccc9c8cc7c65)c4)nc4ccccc34)ccc2c1. The fourth-order valence-electron chi connectivity index (χ4n) is 7.01. The highest BCUT2D eigenvalue weighted by Crippen LogP contribution is 2.40. The first-order valence-corrected chi connectivity index (χ1v) is 16.1. The van der Waals surface area contributed by atoms with Crippen LogP contribution in [0.15, 0.2) is 146 Å². The molecule has 10 rings (SSSR count). The normalized spacial score (nSPS) is 12.0. The van der Waals surface area contributed by atoms with E-state index in [2.05, 4.69) is 146 Å². The molecule has 0 saturated heterocycles. The van der Waals surface area contributed by atoms with Gasteiger partial charge in [0.15, 0.2) is 5.82 Å². The lowest BCUT2D eigenvalue weighted by atomic mass is 9.94. The molecule has 0 aliphatic carbocycles. The van der Waals surface area contributed by atoms with Crippen LogP contribution in [0.25, 0.3) is 96.8 Å². The second kappa shape index (κ2) is 9.43. The van der Waals surface area contributed by atoms with Crippen LogP contribution in [0.5, 0.6) is 0 Å². The third-order valence-electron chi connectivity index (χ3n) is 9.20. The number of thiophene rings is 1. The lowest BCUT2D eigenvalue weighted by Crippen LogP contribution is -1.95. The Hall–Kier alpha value is -5.64. The minimum atomic E-state index is 0.739. The maximum Gasteiger partial charge on any atom is 0.160 e. The fraction of sp³-hybridized carbons (Fsp3) is 0. The predicted molar refractivity (Wildman–Crippen MR) is 193 cm³/mol. The minimum absolute atomic E-state index is 0.739. The molecule has 0 fully saturated rings. The third-order valence-corrected chi connectivity index (χ3v) is 10.3. The Morgan fingerprint density at radius 1 is 0.378 bits per heavy atom. The van der Waals surface area contributed by atoms with Crippen LogP contribution in [0, 0.1) is 0 Å². The molecule has 0 unspecified atom stereocenters. The fourth-order valence-corrected chi connectivity index (χ4v) is 8.14. The van der Waals surface area contributed by atoms with Crippen molar-refractivity contribution in [1.29, 1.82) is 0 Å². The molecule has 2 heterocycles. The molecule has 3 heteroatoms. The van der Waals surface area contributed by atoms with Crippen molar-refractivity contribution >= 4 is 85.5 Å². The first-order chi connectivity index (χ1) is 22.3. The van der Waals surface area contributed by atoms with Crippen LogP contribution < -0.4 is 0 Å². The topological polar surface area (TPSA) is 25.8 Å². The van der Waals surface area contributed by atoms with E-state index in [-0.39, 0.29) is 0 Å². The summed E-state index contributed by atoms with van der Waals surface area (Å²) >= 11 is 1.87. The lowest BCUT2D eigenvalue weighted by molar-refractivity contribution is 1.23. The third kappa shape index (κ3) is 3.81. The van der Waals surface area contributed by atoms with Gasteiger partial charge in [0.25, 0.3) is 0 Å². The molecule has 0 aliphatic rings. The summed E-state index contributed by atoms with van der Waals surface area (Å²) in [5.41, 5.74) is 4.01. The number of hydrogen-bond acceptors (Lipinski definition) is 3. The number of para-hydroxylation sites is 1. The van der Waals surface area contributed by atoms with E-state index in [1.54, 1.807) is 0 Å². The summed E-state index contributed by atoms with van der Waals surface area (Å²) in [7, 11) is 0. The maximum atomic E-state index is 5.21. The molecule has 2 aromatic heterocycles. The Kier molecular flexibility index (Phi) is 5.19. The van der Waals surface area contributed by atoms with Gasteiger partial charge in [-0.1, -0.05) is 109 Å². The number of fused-ring (bicyclic) bond motifs is 10. The Balaban J connectivity index is 1.19. The zero-order valence-corrected chi connectivity index (χ0v) is 25.0. The van der Waals surface area contributed by atoms with Gasteiger partial charge in [0.05, 0.1) is 11.2 Å². The maximum absolute atomic E-state index is 5.21. The molecule has 0 N–H and O–H groups in total. The summed E-state index contributed by atoms with van der Waals surface area (Å²) in [5.74, 6) is 0.739. The molecule has 0 amide bonds. The van der Waals surface area contributed by atoms with Gasteiger partial charge in [-0.05, 0) is 79.5 Å². The predicted octanol–water partition coefficient (Wildman–Crippen LogP) is 11.9. The van der Waals surface area contributed by atoms with Crippen LogP contribution in [0.3, 0.4) is 0 Å². The van der Waals surface area contributed by atoms with Crippen LogP contribution >= 0.6 is 11.3 Å². The van der Waals surface area contributed by atoms with Crippen molar-refractivity contribution in [3.8, 4) is 22.6 Å². The summed E-state index contributed by atoms with van der Waals surface area (Å²) in [6.45, 7) is 0. The van der Waals surface area contributed by atoms with Gasteiger partial charge >= 0.3 is 0 Å². The van der Waals surface area contributed by atoms with E-state index >= 15 is 0 Å². The van der Waals surface area contributed by atoms with Gasteiger partial charge in [0, 0.05) is 36.7 Å². The highest BCUT2D eigenvalue weighted by atomic mass is 32.1. The Bertz CT molecular complexity index is 2830. The summed E-state index contributed by atoms with van der Waals surface area (Å²) < 4.78 is 2.67. The van der Waals surface area contributed by atoms with Crippen molar-refractivity contribution in [1.82, 2.24) is 9.97 Å². The van der Waals surface area contributed by atoms with Crippen molar-refractivity contribution in [2.45, 2.75) is 0 Å². The van der Waals surface area contributed by atoms with Crippen LogP contribution in [-0.2, 0) is 0 Å². The number of rotatable bonds is 2. The van der Waals surface area contributed by atoms with E-state index in [0.29, 0.717) is 0 Å². The van der Waals surface area contributed by atoms with E-state index < -0.39 is 0 Å². The highest BCUT2D eigenvalue weighted by Gasteiger charge is 2.14. The van der Waals surface area contributed by atoms with E-state index in [4.69, 9.17) is 9.97 Å². The zero-order valence-electron chi connectivity index (χ0n) is 24.2. The quantitative estimate of drug-likeness (QED) is 0.188. The van der Waals surface area contributed by atoms with Gasteiger partial charge < -0.3 is 0 Å². The van der Waals surface area contributed by atoms with Gasteiger partial charge in [-0.2, -0.15) is 0 Å². The molecule has 208 valence electrons. The summed E-state index contributed by atoms with van der Waals surface area (Å²) in [6, 6.07) is 52.6. The number of benzene rings is 8.